The lowest BCUT2D eigenvalue weighted by Crippen LogP contribution is -2.29. The highest BCUT2D eigenvalue weighted by Crippen LogP contribution is 2.17. The van der Waals surface area contributed by atoms with E-state index in [9.17, 15) is 4.79 Å². The molecular weight excluding hydrogens is 208 g/mol. The molecule has 0 unspecified atom stereocenters. The van der Waals surface area contributed by atoms with Crippen LogP contribution in [-0.2, 0) is 11.2 Å². The molecule has 0 radical (unpaired) electrons. The highest BCUT2D eigenvalue weighted by Gasteiger charge is 2.07. The van der Waals surface area contributed by atoms with Crippen molar-refractivity contribution in [3.05, 3.63) is 15.6 Å². The van der Waals surface area contributed by atoms with E-state index in [1.165, 1.54) is 4.88 Å². The number of hydrogen-bond acceptors (Lipinski definition) is 3. The number of nitrogens with zero attached hydrogens (tertiary/aromatic N) is 1. The lowest BCUT2D eigenvalue weighted by Gasteiger charge is -2.06. The minimum absolute atomic E-state index is 0.0642. The molecule has 0 bridgehead atoms. The molecule has 0 aromatic carbocycles. The highest BCUT2D eigenvalue weighted by molar-refractivity contribution is 7.11. The molecule has 4 heteroatoms. The molecule has 1 aromatic rings. The Morgan fingerprint density at radius 3 is 2.60 bits per heavy atom. The molecule has 1 rings (SSSR count). The summed E-state index contributed by atoms with van der Waals surface area (Å²) >= 11 is 1.71. The summed E-state index contributed by atoms with van der Waals surface area (Å²) in [5.41, 5.74) is 1.09. The second-order valence-electron chi connectivity index (χ2n) is 3.94. The van der Waals surface area contributed by atoms with E-state index in [-0.39, 0.29) is 11.8 Å². The molecule has 1 aromatic heterocycles. The Balaban J connectivity index is 2.38. The van der Waals surface area contributed by atoms with Crippen LogP contribution >= 0.6 is 11.3 Å². The fourth-order valence-electron chi connectivity index (χ4n) is 1.31. The zero-order valence-electron chi connectivity index (χ0n) is 9.76. The molecule has 1 heterocycles. The van der Waals surface area contributed by atoms with Gasteiger partial charge in [0.2, 0.25) is 5.91 Å². The Kier molecular flexibility index (Phi) is 4.27. The van der Waals surface area contributed by atoms with Crippen LogP contribution in [0.2, 0.25) is 0 Å². The van der Waals surface area contributed by atoms with Crippen molar-refractivity contribution in [1.82, 2.24) is 10.3 Å². The Bertz CT molecular complexity index is 344. The van der Waals surface area contributed by atoms with Gasteiger partial charge in [-0.05, 0) is 13.8 Å². The summed E-state index contributed by atoms with van der Waals surface area (Å²) in [4.78, 5) is 16.9. The summed E-state index contributed by atoms with van der Waals surface area (Å²) in [6, 6.07) is 0. The molecular formula is C11H18N2OS. The van der Waals surface area contributed by atoms with Gasteiger partial charge in [0.25, 0.3) is 0 Å². The summed E-state index contributed by atoms with van der Waals surface area (Å²) < 4.78 is 0. The maximum Gasteiger partial charge on any atom is 0.222 e. The zero-order valence-corrected chi connectivity index (χ0v) is 10.6. The van der Waals surface area contributed by atoms with E-state index in [0.717, 1.165) is 17.1 Å². The molecule has 0 aliphatic rings. The predicted molar refractivity (Wildman–Crippen MR) is 63.1 cm³/mol. The maximum atomic E-state index is 11.3. The van der Waals surface area contributed by atoms with Gasteiger partial charge in [-0.15, -0.1) is 11.3 Å². The molecule has 0 atom stereocenters. The number of carbonyl (C=O) groups excluding carboxylic acids is 1. The molecule has 1 amide bonds. The van der Waals surface area contributed by atoms with Crippen LogP contribution in [0.4, 0.5) is 0 Å². The van der Waals surface area contributed by atoms with Crippen molar-refractivity contribution >= 4 is 17.2 Å². The third-order valence-corrected chi connectivity index (χ3v) is 3.31. The van der Waals surface area contributed by atoms with E-state index >= 15 is 0 Å². The van der Waals surface area contributed by atoms with Crippen LogP contribution in [0.1, 0.15) is 29.4 Å². The first kappa shape index (κ1) is 12.2. The first-order chi connectivity index (χ1) is 7.00. The van der Waals surface area contributed by atoms with Crippen molar-refractivity contribution in [3.63, 3.8) is 0 Å². The SMILES string of the molecule is Cc1nc(C)c(CCNC(=O)C(C)C)s1. The van der Waals surface area contributed by atoms with Crippen molar-refractivity contribution in [2.45, 2.75) is 34.1 Å². The molecule has 0 aliphatic heterocycles. The number of amides is 1. The van der Waals surface area contributed by atoms with Gasteiger partial charge in [0, 0.05) is 23.8 Å². The molecule has 3 nitrogen and oxygen atoms in total. The number of aromatic nitrogens is 1. The number of carbonyl (C=O) groups is 1. The summed E-state index contributed by atoms with van der Waals surface area (Å²) in [5, 5.41) is 4.00. The minimum Gasteiger partial charge on any atom is -0.356 e. The van der Waals surface area contributed by atoms with Gasteiger partial charge < -0.3 is 5.32 Å². The normalized spacial score (nSPS) is 10.7. The lowest BCUT2D eigenvalue weighted by atomic mass is 10.2. The maximum absolute atomic E-state index is 11.3. The first-order valence-electron chi connectivity index (χ1n) is 5.21. The van der Waals surface area contributed by atoms with Gasteiger partial charge in [-0.3, -0.25) is 4.79 Å². The van der Waals surface area contributed by atoms with E-state index in [2.05, 4.69) is 10.3 Å². The highest BCUT2D eigenvalue weighted by atomic mass is 32.1. The number of nitrogens with one attached hydrogen (secondary N) is 1. The molecule has 1 N–H and O–H groups in total. The van der Waals surface area contributed by atoms with Crippen molar-refractivity contribution in [1.29, 1.82) is 0 Å². The Morgan fingerprint density at radius 2 is 2.13 bits per heavy atom. The number of hydrogen-bond donors (Lipinski definition) is 1. The Labute approximate surface area is 94.9 Å². The molecule has 0 fully saturated rings. The molecule has 0 aliphatic carbocycles. The van der Waals surface area contributed by atoms with E-state index in [0.29, 0.717) is 6.54 Å². The van der Waals surface area contributed by atoms with E-state index in [4.69, 9.17) is 0 Å². The van der Waals surface area contributed by atoms with Gasteiger partial charge in [0.1, 0.15) is 0 Å². The summed E-state index contributed by atoms with van der Waals surface area (Å²) in [6.45, 7) is 8.53. The van der Waals surface area contributed by atoms with E-state index < -0.39 is 0 Å². The Morgan fingerprint density at radius 1 is 1.47 bits per heavy atom. The van der Waals surface area contributed by atoms with E-state index in [1.807, 2.05) is 27.7 Å². The Hall–Kier alpha value is -0.900. The molecule has 84 valence electrons. The molecule has 0 spiro atoms. The number of aryl methyl sites for hydroxylation is 2. The lowest BCUT2D eigenvalue weighted by molar-refractivity contribution is -0.123. The van der Waals surface area contributed by atoms with Gasteiger partial charge in [-0.25, -0.2) is 4.98 Å². The summed E-state index contributed by atoms with van der Waals surface area (Å²) in [5.74, 6) is 0.184. The monoisotopic (exact) mass is 226 g/mol. The largest absolute Gasteiger partial charge is 0.356 e. The van der Waals surface area contributed by atoms with Gasteiger partial charge >= 0.3 is 0 Å². The van der Waals surface area contributed by atoms with Crippen LogP contribution in [0.3, 0.4) is 0 Å². The molecule has 0 saturated carbocycles. The van der Waals surface area contributed by atoms with Crippen molar-refractivity contribution in [2.24, 2.45) is 5.92 Å². The summed E-state index contributed by atoms with van der Waals surface area (Å²) in [7, 11) is 0. The standard InChI is InChI=1S/C11H18N2OS/c1-7(2)11(14)12-6-5-10-8(3)13-9(4)15-10/h7H,5-6H2,1-4H3,(H,12,14). The van der Waals surface area contributed by atoms with Crippen molar-refractivity contribution in [2.75, 3.05) is 6.54 Å². The van der Waals surface area contributed by atoms with Gasteiger partial charge in [-0.1, -0.05) is 13.8 Å². The van der Waals surface area contributed by atoms with Crippen molar-refractivity contribution < 1.29 is 4.79 Å². The van der Waals surface area contributed by atoms with Gasteiger partial charge in [0.05, 0.1) is 10.7 Å². The van der Waals surface area contributed by atoms with Crippen LogP contribution < -0.4 is 5.32 Å². The summed E-state index contributed by atoms with van der Waals surface area (Å²) in [6.07, 6.45) is 0.885. The van der Waals surface area contributed by atoms with Gasteiger partial charge in [-0.2, -0.15) is 0 Å². The third-order valence-electron chi connectivity index (χ3n) is 2.18. The fraction of sp³-hybridized carbons (Fsp3) is 0.636. The van der Waals surface area contributed by atoms with E-state index in [1.54, 1.807) is 11.3 Å². The average Bonchev–Trinajstić information content (AvgIpc) is 2.45. The molecule has 15 heavy (non-hydrogen) atoms. The second-order valence-corrected chi connectivity index (χ2v) is 5.22. The van der Waals surface area contributed by atoms with Crippen LogP contribution in [0, 0.1) is 19.8 Å². The first-order valence-corrected chi connectivity index (χ1v) is 6.03. The van der Waals surface area contributed by atoms with Crippen molar-refractivity contribution in [3.8, 4) is 0 Å². The topological polar surface area (TPSA) is 42.0 Å². The minimum atomic E-state index is 0.0642. The third kappa shape index (κ3) is 3.63. The van der Waals surface area contributed by atoms with Crippen LogP contribution in [0.25, 0.3) is 0 Å². The predicted octanol–water partition coefficient (Wildman–Crippen LogP) is 2.07. The smallest absolute Gasteiger partial charge is 0.222 e. The van der Waals surface area contributed by atoms with Crippen LogP contribution in [0.15, 0.2) is 0 Å². The fourth-order valence-corrected chi connectivity index (χ4v) is 2.25. The average molecular weight is 226 g/mol. The quantitative estimate of drug-likeness (QED) is 0.854. The van der Waals surface area contributed by atoms with Crippen LogP contribution in [-0.4, -0.2) is 17.4 Å². The second kappa shape index (κ2) is 5.26. The van der Waals surface area contributed by atoms with Gasteiger partial charge in [0.15, 0.2) is 0 Å². The zero-order chi connectivity index (χ0) is 11.4. The number of rotatable bonds is 4. The molecule has 0 saturated heterocycles. The number of thiazole rings is 1. The van der Waals surface area contributed by atoms with Crippen LogP contribution in [0.5, 0.6) is 0 Å².